The minimum absolute atomic E-state index is 0.719. The average Bonchev–Trinajstić information content (AvgIpc) is 2.22. The molecule has 92 valence electrons. The van der Waals surface area contributed by atoms with Crippen molar-refractivity contribution in [1.29, 1.82) is 0 Å². The van der Waals surface area contributed by atoms with Crippen LogP contribution in [0.3, 0.4) is 0 Å². The molecule has 3 rings (SSSR count). The van der Waals surface area contributed by atoms with Gasteiger partial charge in [0.05, 0.1) is 0 Å². The second kappa shape index (κ2) is 3.97. The summed E-state index contributed by atoms with van der Waals surface area (Å²) in [5.41, 5.74) is 0.719. The Hall–Kier alpha value is -0.120. The van der Waals surface area contributed by atoms with Gasteiger partial charge in [0.25, 0.3) is 0 Å². The van der Waals surface area contributed by atoms with Gasteiger partial charge in [0.1, 0.15) is 0 Å². The van der Waals surface area contributed by atoms with E-state index in [4.69, 9.17) is 0 Å². The molecule has 3 aliphatic heterocycles. The van der Waals surface area contributed by atoms with Gasteiger partial charge < -0.3 is 9.80 Å². The third-order valence-corrected chi connectivity index (χ3v) is 4.81. The molecule has 0 unspecified atom stereocenters. The van der Waals surface area contributed by atoms with E-state index in [1.807, 2.05) is 0 Å². The summed E-state index contributed by atoms with van der Waals surface area (Å²) in [5.74, 6) is 0. The van der Waals surface area contributed by atoms with E-state index in [0.29, 0.717) is 0 Å². The summed E-state index contributed by atoms with van der Waals surface area (Å²) >= 11 is 0. The van der Waals surface area contributed by atoms with Gasteiger partial charge in [-0.2, -0.15) is 0 Å². The lowest BCUT2D eigenvalue weighted by atomic mass is 9.72. The van der Waals surface area contributed by atoms with Gasteiger partial charge in [-0.3, -0.25) is 4.90 Å². The van der Waals surface area contributed by atoms with E-state index in [1.165, 1.54) is 58.7 Å². The largest absolute Gasteiger partial charge is 0.305 e. The maximum Gasteiger partial charge on any atom is 0.0212 e. The van der Waals surface area contributed by atoms with E-state index in [2.05, 4.69) is 28.7 Å². The van der Waals surface area contributed by atoms with Crippen LogP contribution in [0.5, 0.6) is 0 Å². The molecule has 0 aromatic heterocycles. The third-order valence-electron chi connectivity index (χ3n) is 4.81. The summed E-state index contributed by atoms with van der Waals surface area (Å²) in [7, 11) is 2.24. The number of rotatable bonds is 2. The molecule has 0 aromatic carbocycles. The fourth-order valence-corrected chi connectivity index (χ4v) is 3.97. The van der Waals surface area contributed by atoms with Crippen molar-refractivity contribution in [3.05, 3.63) is 0 Å². The van der Waals surface area contributed by atoms with Crippen LogP contribution >= 0.6 is 0 Å². The van der Waals surface area contributed by atoms with Crippen molar-refractivity contribution in [1.82, 2.24) is 14.7 Å². The van der Waals surface area contributed by atoms with E-state index in [-0.39, 0.29) is 0 Å². The van der Waals surface area contributed by atoms with Gasteiger partial charge in [-0.15, -0.1) is 0 Å². The maximum atomic E-state index is 2.75. The Labute approximate surface area is 99.4 Å². The van der Waals surface area contributed by atoms with Crippen LogP contribution in [0.25, 0.3) is 0 Å². The molecular formula is C13H25N3. The highest BCUT2D eigenvalue weighted by molar-refractivity contribution is 5.06. The zero-order valence-corrected chi connectivity index (χ0v) is 10.8. The molecule has 3 aliphatic rings. The van der Waals surface area contributed by atoms with Crippen molar-refractivity contribution in [3.63, 3.8) is 0 Å². The van der Waals surface area contributed by atoms with Crippen molar-refractivity contribution in [2.75, 3.05) is 52.9 Å². The summed E-state index contributed by atoms with van der Waals surface area (Å²) in [6, 6.07) is 0.902. The highest BCUT2D eigenvalue weighted by Gasteiger charge is 2.51. The molecule has 0 saturated carbocycles. The smallest absolute Gasteiger partial charge is 0.0212 e. The molecule has 1 spiro atoms. The van der Waals surface area contributed by atoms with Crippen LogP contribution in [-0.4, -0.2) is 73.6 Å². The molecule has 0 radical (unpaired) electrons. The second-order valence-electron chi connectivity index (χ2n) is 6.24. The van der Waals surface area contributed by atoms with Gasteiger partial charge >= 0.3 is 0 Å². The molecule has 0 atom stereocenters. The molecule has 0 bridgehead atoms. The lowest BCUT2D eigenvalue weighted by Gasteiger charge is -2.62. The number of likely N-dealkylation sites (tertiary alicyclic amines) is 3. The second-order valence-corrected chi connectivity index (χ2v) is 6.24. The van der Waals surface area contributed by atoms with Gasteiger partial charge in [0.15, 0.2) is 0 Å². The van der Waals surface area contributed by atoms with Crippen molar-refractivity contribution >= 4 is 0 Å². The number of hydrogen-bond donors (Lipinski definition) is 0. The first-order chi connectivity index (χ1) is 7.71. The fraction of sp³-hybridized carbons (Fsp3) is 1.00. The predicted molar refractivity (Wildman–Crippen MR) is 66.6 cm³/mol. The Kier molecular flexibility index (Phi) is 2.73. The van der Waals surface area contributed by atoms with E-state index < -0.39 is 0 Å². The topological polar surface area (TPSA) is 9.72 Å². The Morgan fingerprint density at radius 3 is 2.19 bits per heavy atom. The monoisotopic (exact) mass is 223 g/mol. The highest BCUT2D eigenvalue weighted by atomic mass is 15.3. The average molecular weight is 223 g/mol. The van der Waals surface area contributed by atoms with E-state index in [0.717, 1.165) is 11.5 Å². The predicted octanol–water partition coefficient (Wildman–Crippen LogP) is 0.718. The summed E-state index contributed by atoms with van der Waals surface area (Å²) in [6.07, 6.45) is 2.81. The molecule has 3 heteroatoms. The van der Waals surface area contributed by atoms with Crippen molar-refractivity contribution in [2.45, 2.75) is 25.8 Å². The van der Waals surface area contributed by atoms with Gasteiger partial charge in [-0.1, -0.05) is 6.92 Å². The Bertz CT molecular complexity index is 244. The van der Waals surface area contributed by atoms with E-state index in [1.54, 1.807) is 0 Å². The van der Waals surface area contributed by atoms with Crippen LogP contribution in [0.2, 0.25) is 0 Å². The molecule has 3 heterocycles. The number of nitrogens with zero attached hydrogens (tertiary/aromatic N) is 3. The Balaban J connectivity index is 1.44. The van der Waals surface area contributed by atoms with Crippen LogP contribution in [-0.2, 0) is 0 Å². The van der Waals surface area contributed by atoms with Crippen LogP contribution < -0.4 is 0 Å². The molecule has 3 saturated heterocycles. The Morgan fingerprint density at radius 1 is 1.06 bits per heavy atom. The normalized spacial score (nSPS) is 32.6. The summed E-state index contributed by atoms with van der Waals surface area (Å²) in [4.78, 5) is 7.79. The minimum atomic E-state index is 0.719. The molecule has 16 heavy (non-hydrogen) atoms. The molecule has 0 aromatic rings. The van der Waals surface area contributed by atoms with E-state index >= 15 is 0 Å². The summed E-state index contributed by atoms with van der Waals surface area (Å²) in [5, 5.41) is 0. The lowest BCUT2D eigenvalue weighted by molar-refractivity contribution is -0.127. The minimum Gasteiger partial charge on any atom is -0.305 e. The first-order valence-corrected chi connectivity index (χ1v) is 6.86. The van der Waals surface area contributed by atoms with Crippen molar-refractivity contribution in [2.24, 2.45) is 5.41 Å². The molecule has 0 amide bonds. The molecular weight excluding hydrogens is 198 g/mol. The van der Waals surface area contributed by atoms with Crippen LogP contribution in [0, 0.1) is 5.41 Å². The highest BCUT2D eigenvalue weighted by Crippen LogP contribution is 2.40. The number of hydrogen-bond acceptors (Lipinski definition) is 3. The molecule has 3 fully saturated rings. The van der Waals surface area contributed by atoms with Crippen molar-refractivity contribution in [3.8, 4) is 0 Å². The maximum absolute atomic E-state index is 2.75. The SMILES string of the molecule is CCN1CCC(N2CC3(CN(C)C3)C2)CC1. The third kappa shape index (κ3) is 1.79. The lowest BCUT2D eigenvalue weighted by Crippen LogP contribution is -2.73. The van der Waals surface area contributed by atoms with E-state index in [9.17, 15) is 0 Å². The molecule has 0 aliphatic carbocycles. The summed E-state index contributed by atoms with van der Waals surface area (Å²) in [6.45, 7) is 11.6. The fourth-order valence-electron chi connectivity index (χ4n) is 3.97. The zero-order chi connectivity index (χ0) is 11.2. The van der Waals surface area contributed by atoms with Crippen LogP contribution in [0.1, 0.15) is 19.8 Å². The standard InChI is InChI=1S/C13H25N3/c1-3-15-6-4-12(5-7-15)16-10-13(11-16)8-14(2)9-13/h12H,3-11H2,1-2H3. The Morgan fingerprint density at radius 2 is 1.69 bits per heavy atom. The number of piperidine rings is 1. The first-order valence-electron chi connectivity index (χ1n) is 6.86. The summed E-state index contributed by atoms with van der Waals surface area (Å²) < 4.78 is 0. The van der Waals surface area contributed by atoms with Crippen molar-refractivity contribution < 1.29 is 0 Å². The van der Waals surface area contributed by atoms with Gasteiger partial charge in [0, 0.05) is 37.6 Å². The van der Waals surface area contributed by atoms with Crippen LogP contribution in [0.15, 0.2) is 0 Å². The first kappa shape index (κ1) is 11.0. The molecule has 3 nitrogen and oxygen atoms in total. The molecule has 0 N–H and O–H groups in total. The van der Waals surface area contributed by atoms with Gasteiger partial charge in [0.2, 0.25) is 0 Å². The zero-order valence-electron chi connectivity index (χ0n) is 10.8. The van der Waals surface area contributed by atoms with Crippen LogP contribution in [0.4, 0.5) is 0 Å². The quantitative estimate of drug-likeness (QED) is 0.683. The van der Waals surface area contributed by atoms with Gasteiger partial charge in [-0.25, -0.2) is 0 Å². The van der Waals surface area contributed by atoms with Gasteiger partial charge in [-0.05, 0) is 39.5 Å².